The van der Waals surface area contributed by atoms with Crippen molar-refractivity contribution in [3.8, 4) is 0 Å². The van der Waals surface area contributed by atoms with Gasteiger partial charge in [0.25, 0.3) is 0 Å². The van der Waals surface area contributed by atoms with Gasteiger partial charge < -0.3 is 10.2 Å². The van der Waals surface area contributed by atoms with Gasteiger partial charge in [0.1, 0.15) is 0 Å². The molecule has 0 aromatic rings. The first-order valence-electron chi connectivity index (χ1n) is 5.79. The largest absolute Gasteiger partial charge is 0.393 e. The predicted octanol–water partition coefficient (Wildman–Crippen LogP) is 2.72. The van der Waals surface area contributed by atoms with Crippen LogP contribution in [0.1, 0.15) is 59.8 Å². The minimum absolute atomic E-state index is 0.215. The number of rotatable bonds is 7. The highest BCUT2D eigenvalue weighted by Crippen LogP contribution is 2.21. The average molecular weight is 202 g/mol. The van der Waals surface area contributed by atoms with Gasteiger partial charge >= 0.3 is 0 Å². The van der Waals surface area contributed by atoms with Crippen molar-refractivity contribution in [2.24, 2.45) is 5.92 Å². The van der Waals surface area contributed by atoms with Crippen molar-refractivity contribution in [3.05, 3.63) is 0 Å². The highest BCUT2D eigenvalue weighted by atomic mass is 16.3. The molecular weight excluding hydrogens is 176 g/mol. The number of aliphatic hydroxyl groups excluding tert-OH is 1. The second-order valence-corrected chi connectivity index (χ2v) is 4.95. The summed E-state index contributed by atoms with van der Waals surface area (Å²) in [4.78, 5) is 0. The molecule has 2 atom stereocenters. The SMILES string of the molecule is CCCC(C)(O)CCCC(O)C(C)C. The summed E-state index contributed by atoms with van der Waals surface area (Å²) in [6.45, 7) is 8.01. The molecule has 14 heavy (non-hydrogen) atoms. The van der Waals surface area contributed by atoms with Gasteiger partial charge in [-0.25, -0.2) is 0 Å². The smallest absolute Gasteiger partial charge is 0.0619 e. The Kier molecular flexibility index (Phi) is 6.38. The third-order valence-corrected chi connectivity index (χ3v) is 2.77. The summed E-state index contributed by atoms with van der Waals surface area (Å²) >= 11 is 0. The molecule has 86 valence electrons. The van der Waals surface area contributed by atoms with Crippen LogP contribution in [0.3, 0.4) is 0 Å². The molecule has 0 saturated heterocycles. The molecule has 0 heterocycles. The first kappa shape index (κ1) is 13.9. The van der Waals surface area contributed by atoms with E-state index in [4.69, 9.17) is 0 Å². The molecule has 0 saturated carbocycles. The lowest BCUT2D eigenvalue weighted by molar-refractivity contribution is 0.0316. The van der Waals surface area contributed by atoms with Crippen LogP contribution in [0.25, 0.3) is 0 Å². The first-order valence-corrected chi connectivity index (χ1v) is 5.79. The molecule has 0 aliphatic rings. The van der Waals surface area contributed by atoms with Gasteiger partial charge in [0, 0.05) is 0 Å². The zero-order valence-electron chi connectivity index (χ0n) is 10.1. The van der Waals surface area contributed by atoms with Crippen LogP contribution in [0, 0.1) is 5.92 Å². The summed E-state index contributed by atoms with van der Waals surface area (Å²) in [6.07, 6.45) is 4.16. The molecule has 0 radical (unpaired) electrons. The van der Waals surface area contributed by atoms with Gasteiger partial charge in [-0.1, -0.05) is 27.2 Å². The summed E-state index contributed by atoms with van der Waals surface area (Å²) in [5.74, 6) is 0.325. The third kappa shape index (κ3) is 6.39. The Hall–Kier alpha value is -0.0800. The van der Waals surface area contributed by atoms with Crippen LogP contribution < -0.4 is 0 Å². The molecule has 2 N–H and O–H groups in total. The Bertz CT molecular complexity index is 141. The maximum Gasteiger partial charge on any atom is 0.0619 e. The van der Waals surface area contributed by atoms with E-state index in [1.54, 1.807) is 0 Å². The molecule has 0 aliphatic carbocycles. The van der Waals surface area contributed by atoms with Crippen LogP contribution in [0.2, 0.25) is 0 Å². The summed E-state index contributed by atoms with van der Waals surface area (Å²) in [5.41, 5.74) is -0.536. The topological polar surface area (TPSA) is 40.5 Å². The van der Waals surface area contributed by atoms with Gasteiger partial charge in [-0.15, -0.1) is 0 Å². The third-order valence-electron chi connectivity index (χ3n) is 2.77. The van der Waals surface area contributed by atoms with Gasteiger partial charge in [0.15, 0.2) is 0 Å². The Morgan fingerprint density at radius 2 is 1.79 bits per heavy atom. The van der Waals surface area contributed by atoms with Crippen LogP contribution in [0.5, 0.6) is 0 Å². The lowest BCUT2D eigenvalue weighted by Crippen LogP contribution is -2.24. The Labute approximate surface area is 88.3 Å². The molecule has 0 rings (SSSR count). The molecule has 0 spiro atoms. The van der Waals surface area contributed by atoms with Crippen molar-refractivity contribution >= 4 is 0 Å². The van der Waals surface area contributed by atoms with Crippen molar-refractivity contribution < 1.29 is 10.2 Å². The normalized spacial score (nSPS) is 18.2. The van der Waals surface area contributed by atoms with E-state index in [0.29, 0.717) is 5.92 Å². The number of aliphatic hydroxyl groups is 2. The lowest BCUT2D eigenvalue weighted by Gasteiger charge is -2.23. The second-order valence-electron chi connectivity index (χ2n) is 4.95. The standard InChI is InChI=1S/C12H26O2/c1-5-8-12(4,14)9-6-7-11(13)10(2)3/h10-11,13-14H,5-9H2,1-4H3. The molecule has 0 fully saturated rings. The number of hydrogen-bond acceptors (Lipinski definition) is 2. The van der Waals surface area contributed by atoms with E-state index in [1.807, 2.05) is 20.8 Å². The molecule has 0 bridgehead atoms. The molecule has 0 amide bonds. The van der Waals surface area contributed by atoms with Gasteiger partial charge in [0.2, 0.25) is 0 Å². The van der Waals surface area contributed by atoms with Crippen molar-refractivity contribution in [3.63, 3.8) is 0 Å². The molecule has 0 aliphatic heterocycles. The van der Waals surface area contributed by atoms with Gasteiger partial charge in [-0.2, -0.15) is 0 Å². The van der Waals surface area contributed by atoms with Crippen LogP contribution >= 0.6 is 0 Å². The van der Waals surface area contributed by atoms with Crippen molar-refractivity contribution in [2.75, 3.05) is 0 Å². The summed E-state index contributed by atoms with van der Waals surface area (Å²) in [6, 6.07) is 0. The highest BCUT2D eigenvalue weighted by Gasteiger charge is 2.19. The maximum absolute atomic E-state index is 9.88. The Morgan fingerprint density at radius 1 is 1.21 bits per heavy atom. The lowest BCUT2D eigenvalue weighted by atomic mass is 9.92. The summed E-state index contributed by atoms with van der Waals surface area (Å²) in [5, 5.41) is 19.5. The van der Waals surface area contributed by atoms with E-state index >= 15 is 0 Å². The van der Waals surface area contributed by atoms with Crippen molar-refractivity contribution in [1.29, 1.82) is 0 Å². The van der Waals surface area contributed by atoms with E-state index in [9.17, 15) is 10.2 Å². The minimum atomic E-state index is -0.536. The Morgan fingerprint density at radius 3 is 2.21 bits per heavy atom. The fraction of sp³-hybridized carbons (Fsp3) is 1.00. The molecular formula is C12H26O2. The summed E-state index contributed by atoms with van der Waals surface area (Å²) < 4.78 is 0. The quantitative estimate of drug-likeness (QED) is 0.666. The molecule has 2 unspecified atom stereocenters. The average Bonchev–Trinajstić information content (AvgIpc) is 2.03. The van der Waals surface area contributed by atoms with Gasteiger partial charge in [-0.05, 0) is 38.5 Å². The van der Waals surface area contributed by atoms with Crippen LogP contribution in [0.15, 0.2) is 0 Å². The molecule has 2 heteroatoms. The predicted molar refractivity (Wildman–Crippen MR) is 60.2 cm³/mol. The van der Waals surface area contributed by atoms with Crippen LogP contribution in [-0.2, 0) is 0 Å². The fourth-order valence-corrected chi connectivity index (χ4v) is 1.69. The number of hydrogen-bond donors (Lipinski definition) is 2. The van der Waals surface area contributed by atoms with Crippen molar-refractivity contribution in [1.82, 2.24) is 0 Å². The highest BCUT2D eigenvalue weighted by molar-refractivity contribution is 4.72. The van der Waals surface area contributed by atoms with Crippen LogP contribution in [-0.4, -0.2) is 21.9 Å². The Balaban J connectivity index is 3.62. The van der Waals surface area contributed by atoms with E-state index in [2.05, 4.69) is 6.92 Å². The molecule has 0 aromatic carbocycles. The van der Waals surface area contributed by atoms with Crippen molar-refractivity contribution in [2.45, 2.75) is 71.5 Å². The minimum Gasteiger partial charge on any atom is -0.393 e. The zero-order chi connectivity index (χ0) is 11.2. The van der Waals surface area contributed by atoms with Crippen LogP contribution in [0.4, 0.5) is 0 Å². The van der Waals surface area contributed by atoms with E-state index < -0.39 is 5.60 Å². The first-order chi connectivity index (χ1) is 6.39. The van der Waals surface area contributed by atoms with Gasteiger partial charge in [-0.3, -0.25) is 0 Å². The van der Waals surface area contributed by atoms with E-state index in [0.717, 1.165) is 32.1 Å². The fourth-order valence-electron chi connectivity index (χ4n) is 1.69. The van der Waals surface area contributed by atoms with E-state index in [1.165, 1.54) is 0 Å². The second kappa shape index (κ2) is 6.41. The monoisotopic (exact) mass is 202 g/mol. The van der Waals surface area contributed by atoms with Gasteiger partial charge in [0.05, 0.1) is 11.7 Å². The molecule has 2 nitrogen and oxygen atoms in total. The summed E-state index contributed by atoms with van der Waals surface area (Å²) in [7, 11) is 0. The van der Waals surface area contributed by atoms with E-state index in [-0.39, 0.29) is 6.10 Å². The molecule has 0 aromatic heterocycles. The zero-order valence-corrected chi connectivity index (χ0v) is 10.1. The maximum atomic E-state index is 9.88.